The number of amides is 2. The van der Waals surface area contributed by atoms with Crippen molar-refractivity contribution in [3.8, 4) is 11.8 Å². The number of nitrogens with one attached hydrogen (secondary N) is 2. The maximum atomic E-state index is 11.2. The van der Waals surface area contributed by atoms with Gasteiger partial charge in [-0.25, -0.2) is 5.84 Å². The molecule has 2 amide bonds. The summed E-state index contributed by atoms with van der Waals surface area (Å²) >= 11 is 1.28. The molecule has 0 unspecified atom stereocenters. The smallest absolute Gasteiger partial charge is 0.275 e. The highest BCUT2D eigenvalue weighted by Crippen LogP contribution is 2.14. The Kier molecular flexibility index (Phi) is 5.20. The molecule has 1 aromatic heterocycles. The van der Waals surface area contributed by atoms with E-state index in [0.717, 1.165) is 4.88 Å². The summed E-state index contributed by atoms with van der Waals surface area (Å²) < 4.78 is 0. The number of carbonyl (C=O) groups is 2. The molecule has 5 nitrogen and oxygen atoms in total. The predicted molar refractivity (Wildman–Crippen MR) is 66.2 cm³/mol. The van der Waals surface area contributed by atoms with Crippen molar-refractivity contribution in [3.63, 3.8) is 0 Å². The van der Waals surface area contributed by atoms with Gasteiger partial charge in [0, 0.05) is 19.9 Å². The molecule has 0 saturated carbocycles. The second kappa shape index (κ2) is 6.68. The van der Waals surface area contributed by atoms with Crippen LogP contribution >= 0.6 is 11.3 Å². The molecule has 90 valence electrons. The van der Waals surface area contributed by atoms with Crippen molar-refractivity contribution in [2.24, 2.45) is 5.84 Å². The molecular weight excluding hydrogens is 238 g/mol. The molecule has 1 heterocycles. The third kappa shape index (κ3) is 4.68. The molecule has 0 radical (unpaired) electrons. The van der Waals surface area contributed by atoms with Crippen LogP contribution in [0.4, 0.5) is 0 Å². The van der Waals surface area contributed by atoms with Gasteiger partial charge in [-0.3, -0.25) is 15.0 Å². The number of hydrogen-bond donors (Lipinski definition) is 3. The zero-order chi connectivity index (χ0) is 12.7. The van der Waals surface area contributed by atoms with E-state index in [0.29, 0.717) is 17.8 Å². The summed E-state index contributed by atoms with van der Waals surface area (Å²) in [6, 6.07) is 3.44. The third-order valence-corrected chi connectivity index (χ3v) is 2.80. The predicted octanol–water partition coefficient (Wildman–Crippen LogP) is 0.229. The summed E-state index contributed by atoms with van der Waals surface area (Å²) in [6.45, 7) is 1.99. The first kappa shape index (κ1) is 13.2. The van der Waals surface area contributed by atoms with Crippen molar-refractivity contribution in [1.29, 1.82) is 0 Å². The Balaban J connectivity index is 2.46. The molecule has 4 N–H and O–H groups in total. The second-order valence-electron chi connectivity index (χ2n) is 3.17. The minimum absolute atomic E-state index is 0.0650. The van der Waals surface area contributed by atoms with E-state index in [1.807, 2.05) is 0 Å². The van der Waals surface area contributed by atoms with E-state index in [1.165, 1.54) is 18.3 Å². The fourth-order valence-electron chi connectivity index (χ4n) is 1.05. The standard InChI is InChI=1S/C11H13N3O2S/c1-8(15)13-7-3-2-4-9-5-6-10(17-9)11(16)14-12/h5-6H,3,7,12H2,1H3,(H,13,15)(H,14,16). The highest BCUT2D eigenvalue weighted by atomic mass is 32.1. The Morgan fingerprint density at radius 1 is 1.47 bits per heavy atom. The highest BCUT2D eigenvalue weighted by molar-refractivity contribution is 7.14. The quantitative estimate of drug-likeness (QED) is 0.236. The van der Waals surface area contributed by atoms with Crippen LogP contribution in [0.3, 0.4) is 0 Å². The summed E-state index contributed by atoms with van der Waals surface area (Å²) in [5.41, 5.74) is 2.06. The van der Waals surface area contributed by atoms with Crippen LogP contribution in [0, 0.1) is 11.8 Å². The summed E-state index contributed by atoms with van der Waals surface area (Å²) in [4.78, 5) is 23.1. The van der Waals surface area contributed by atoms with Gasteiger partial charge in [-0.15, -0.1) is 11.3 Å². The topological polar surface area (TPSA) is 84.2 Å². The van der Waals surface area contributed by atoms with Crippen LogP contribution in [-0.2, 0) is 4.79 Å². The molecule has 0 spiro atoms. The van der Waals surface area contributed by atoms with Crippen LogP contribution in [0.25, 0.3) is 0 Å². The van der Waals surface area contributed by atoms with E-state index in [1.54, 1.807) is 12.1 Å². The Labute approximate surface area is 103 Å². The van der Waals surface area contributed by atoms with Crippen molar-refractivity contribution in [1.82, 2.24) is 10.7 Å². The number of hydrogen-bond acceptors (Lipinski definition) is 4. The van der Waals surface area contributed by atoms with Gasteiger partial charge in [0.15, 0.2) is 0 Å². The molecule has 0 atom stereocenters. The molecule has 0 bridgehead atoms. The maximum Gasteiger partial charge on any atom is 0.275 e. The molecule has 0 aromatic carbocycles. The Bertz CT molecular complexity index is 471. The molecule has 0 saturated heterocycles. The average Bonchev–Trinajstić information content (AvgIpc) is 2.76. The van der Waals surface area contributed by atoms with Gasteiger partial charge in [0.2, 0.25) is 5.91 Å². The number of nitrogen functional groups attached to an aromatic ring is 1. The van der Waals surface area contributed by atoms with Gasteiger partial charge in [0.25, 0.3) is 5.91 Å². The number of nitrogens with two attached hydrogens (primary N) is 1. The summed E-state index contributed by atoms with van der Waals surface area (Å²) in [7, 11) is 0. The Morgan fingerprint density at radius 2 is 2.24 bits per heavy atom. The van der Waals surface area contributed by atoms with Gasteiger partial charge in [-0.1, -0.05) is 11.8 Å². The molecule has 0 aliphatic carbocycles. The van der Waals surface area contributed by atoms with Crippen molar-refractivity contribution in [3.05, 3.63) is 21.9 Å². The number of rotatable bonds is 3. The lowest BCUT2D eigenvalue weighted by Crippen LogP contribution is -2.29. The SMILES string of the molecule is CC(=O)NCCC#Cc1ccc(C(=O)NN)s1. The van der Waals surface area contributed by atoms with E-state index < -0.39 is 0 Å². The van der Waals surface area contributed by atoms with Crippen LogP contribution in [0.2, 0.25) is 0 Å². The van der Waals surface area contributed by atoms with Gasteiger partial charge in [0.05, 0.1) is 9.75 Å². The van der Waals surface area contributed by atoms with E-state index in [-0.39, 0.29) is 11.8 Å². The van der Waals surface area contributed by atoms with Crippen LogP contribution in [0.1, 0.15) is 27.9 Å². The van der Waals surface area contributed by atoms with Crippen molar-refractivity contribution in [2.75, 3.05) is 6.54 Å². The first-order chi connectivity index (χ1) is 8.13. The molecule has 0 fully saturated rings. The number of thiophene rings is 1. The summed E-state index contributed by atoms with van der Waals surface area (Å²) in [5.74, 6) is 10.5. The minimum Gasteiger partial charge on any atom is -0.355 e. The summed E-state index contributed by atoms with van der Waals surface area (Å²) in [5, 5.41) is 2.65. The van der Waals surface area contributed by atoms with E-state index in [2.05, 4.69) is 22.6 Å². The first-order valence-electron chi connectivity index (χ1n) is 4.97. The molecule has 1 rings (SSSR count). The Hall–Kier alpha value is -1.84. The first-order valence-corrected chi connectivity index (χ1v) is 5.79. The largest absolute Gasteiger partial charge is 0.355 e. The zero-order valence-electron chi connectivity index (χ0n) is 9.37. The maximum absolute atomic E-state index is 11.2. The lowest BCUT2D eigenvalue weighted by molar-refractivity contribution is -0.118. The number of carbonyl (C=O) groups excluding carboxylic acids is 2. The zero-order valence-corrected chi connectivity index (χ0v) is 10.2. The Morgan fingerprint density at radius 3 is 2.88 bits per heavy atom. The van der Waals surface area contributed by atoms with E-state index >= 15 is 0 Å². The van der Waals surface area contributed by atoms with Gasteiger partial charge < -0.3 is 5.32 Å². The third-order valence-electron chi connectivity index (χ3n) is 1.80. The molecule has 17 heavy (non-hydrogen) atoms. The average molecular weight is 251 g/mol. The fraction of sp³-hybridized carbons (Fsp3) is 0.273. The van der Waals surface area contributed by atoms with Crippen molar-refractivity contribution in [2.45, 2.75) is 13.3 Å². The van der Waals surface area contributed by atoms with Gasteiger partial charge in [-0.05, 0) is 12.1 Å². The van der Waals surface area contributed by atoms with Gasteiger partial charge >= 0.3 is 0 Å². The molecule has 0 aliphatic rings. The van der Waals surface area contributed by atoms with Crippen LogP contribution < -0.4 is 16.6 Å². The van der Waals surface area contributed by atoms with E-state index in [9.17, 15) is 9.59 Å². The van der Waals surface area contributed by atoms with Gasteiger partial charge in [-0.2, -0.15) is 0 Å². The monoisotopic (exact) mass is 251 g/mol. The fourth-order valence-corrected chi connectivity index (χ4v) is 1.83. The van der Waals surface area contributed by atoms with Crippen molar-refractivity contribution < 1.29 is 9.59 Å². The van der Waals surface area contributed by atoms with Gasteiger partial charge in [0.1, 0.15) is 0 Å². The molecule has 6 heteroatoms. The second-order valence-corrected chi connectivity index (χ2v) is 4.26. The number of hydrazine groups is 1. The molecule has 1 aromatic rings. The molecular formula is C11H13N3O2S. The summed E-state index contributed by atoms with van der Waals surface area (Å²) in [6.07, 6.45) is 0.579. The molecule has 0 aliphatic heterocycles. The lowest BCUT2D eigenvalue weighted by Gasteiger charge is -1.94. The highest BCUT2D eigenvalue weighted by Gasteiger charge is 2.05. The van der Waals surface area contributed by atoms with Crippen LogP contribution in [0.5, 0.6) is 0 Å². The van der Waals surface area contributed by atoms with Crippen LogP contribution in [-0.4, -0.2) is 18.4 Å². The minimum atomic E-state index is -0.318. The lowest BCUT2D eigenvalue weighted by atomic mass is 10.3. The van der Waals surface area contributed by atoms with Crippen molar-refractivity contribution >= 4 is 23.2 Å². The normalized spacial score (nSPS) is 9.06. The van der Waals surface area contributed by atoms with Crippen LogP contribution in [0.15, 0.2) is 12.1 Å². The van der Waals surface area contributed by atoms with E-state index in [4.69, 9.17) is 5.84 Å².